The van der Waals surface area contributed by atoms with E-state index in [9.17, 15) is 9.90 Å². The molecule has 4 nitrogen and oxygen atoms in total. The average Bonchev–Trinajstić information content (AvgIpc) is 2.73. The molecule has 1 aliphatic rings. The van der Waals surface area contributed by atoms with E-state index in [1.807, 2.05) is 30.3 Å². The summed E-state index contributed by atoms with van der Waals surface area (Å²) in [5.41, 5.74) is 0.543. The number of carboxylic acid groups (broad SMARTS) is 1. The number of pyridine rings is 1. The van der Waals surface area contributed by atoms with E-state index < -0.39 is 11.5 Å². The smallest absolute Gasteiger partial charge is 0.324 e. The first kappa shape index (κ1) is 13.0. The third kappa shape index (κ3) is 2.53. The van der Waals surface area contributed by atoms with Crippen LogP contribution < -0.4 is 0 Å². The maximum atomic E-state index is 11.5. The molecule has 2 heterocycles. The number of hydrogen-bond acceptors (Lipinski definition) is 3. The van der Waals surface area contributed by atoms with Crippen molar-refractivity contribution >= 4 is 5.97 Å². The van der Waals surface area contributed by atoms with Crippen LogP contribution >= 0.6 is 0 Å². The SMILES string of the molecule is CN1CCC[C@@]1(CCCc1cccnc1)C(=O)O. The second kappa shape index (κ2) is 5.48. The Hall–Kier alpha value is -1.42. The lowest BCUT2D eigenvalue weighted by atomic mass is 9.89. The molecule has 1 N–H and O–H groups in total. The zero-order valence-corrected chi connectivity index (χ0v) is 10.8. The van der Waals surface area contributed by atoms with Gasteiger partial charge in [-0.2, -0.15) is 0 Å². The van der Waals surface area contributed by atoms with Gasteiger partial charge >= 0.3 is 5.97 Å². The summed E-state index contributed by atoms with van der Waals surface area (Å²) >= 11 is 0. The molecular formula is C14H20N2O2. The quantitative estimate of drug-likeness (QED) is 0.865. The topological polar surface area (TPSA) is 53.4 Å². The van der Waals surface area contributed by atoms with Crippen molar-refractivity contribution in [3.8, 4) is 0 Å². The van der Waals surface area contributed by atoms with Gasteiger partial charge in [-0.25, -0.2) is 0 Å². The summed E-state index contributed by atoms with van der Waals surface area (Å²) < 4.78 is 0. The normalized spacial score (nSPS) is 24.3. The Balaban J connectivity index is 1.93. The Labute approximate surface area is 108 Å². The van der Waals surface area contributed by atoms with Crippen LogP contribution in [0.25, 0.3) is 0 Å². The van der Waals surface area contributed by atoms with Crippen molar-refractivity contribution in [2.75, 3.05) is 13.6 Å². The second-order valence-electron chi connectivity index (χ2n) is 5.08. The van der Waals surface area contributed by atoms with E-state index in [1.54, 1.807) is 6.20 Å². The number of carbonyl (C=O) groups is 1. The van der Waals surface area contributed by atoms with E-state index in [1.165, 1.54) is 5.56 Å². The van der Waals surface area contributed by atoms with Crippen LogP contribution in [0.3, 0.4) is 0 Å². The number of hydrogen-bond donors (Lipinski definition) is 1. The van der Waals surface area contributed by atoms with Crippen molar-refractivity contribution in [2.24, 2.45) is 0 Å². The zero-order valence-electron chi connectivity index (χ0n) is 10.8. The molecule has 0 bridgehead atoms. The molecule has 0 aromatic carbocycles. The highest BCUT2D eigenvalue weighted by molar-refractivity contribution is 5.79. The second-order valence-corrected chi connectivity index (χ2v) is 5.08. The molecule has 2 rings (SSSR count). The van der Waals surface area contributed by atoms with Crippen LogP contribution in [0.15, 0.2) is 24.5 Å². The van der Waals surface area contributed by atoms with Gasteiger partial charge in [0.25, 0.3) is 0 Å². The Morgan fingerprint density at radius 3 is 3.00 bits per heavy atom. The van der Waals surface area contributed by atoms with Crippen LogP contribution in [-0.2, 0) is 11.2 Å². The molecule has 1 fully saturated rings. The van der Waals surface area contributed by atoms with Crippen LogP contribution in [0.1, 0.15) is 31.2 Å². The lowest BCUT2D eigenvalue weighted by Gasteiger charge is -2.31. The van der Waals surface area contributed by atoms with Gasteiger partial charge in [0.05, 0.1) is 0 Å². The molecule has 4 heteroatoms. The third-order valence-electron chi connectivity index (χ3n) is 3.99. The summed E-state index contributed by atoms with van der Waals surface area (Å²) in [4.78, 5) is 17.6. The van der Waals surface area contributed by atoms with Crippen molar-refractivity contribution in [3.63, 3.8) is 0 Å². The fourth-order valence-electron chi connectivity index (χ4n) is 2.84. The number of rotatable bonds is 5. The summed E-state index contributed by atoms with van der Waals surface area (Å²) in [5.74, 6) is -0.673. The minimum atomic E-state index is -0.673. The van der Waals surface area contributed by atoms with E-state index in [2.05, 4.69) is 4.98 Å². The summed E-state index contributed by atoms with van der Waals surface area (Å²) in [6, 6.07) is 3.96. The first-order valence-electron chi connectivity index (χ1n) is 6.49. The Kier molecular flexibility index (Phi) is 3.97. The molecule has 1 aromatic rings. The first-order valence-corrected chi connectivity index (χ1v) is 6.49. The highest BCUT2D eigenvalue weighted by atomic mass is 16.4. The number of carboxylic acids is 1. The number of nitrogens with zero attached hydrogens (tertiary/aromatic N) is 2. The fourth-order valence-corrected chi connectivity index (χ4v) is 2.84. The maximum Gasteiger partial charge on any atom is 0.324 e. The molecule has 1 atom stereocenters. The van der Waals surface area contributed by atoms with E-state index in [0.29, 0.717) is 6.42 Å². The van der Waals surface area contributed by atoms with Crippen LogP contribution in [0.5, 0.6) is 0 Å². The van der Waals surface area contributed by atoms with Crippen LogP contribution in [0, 0.1) is 0 Å². The Morgan fingerprint density at radius 1 is 1.61 bits per heavy atom. The number of likely N-dealkylation sites (tertiary alicyclic amines) is 1. The molecule has 0 amide bonds. The maximum absolute atomic E-state index is 11.5. The zero-order chi connectivity index (χ0) is 13.0. The summed E-state index contributed by atoms with van der Waals surface area (Å²) in [5, 5.41) is 9.48. The highest BCUT2D eigenvalue weighted by Gasteiger charge is 2.44. The van der Waals surface area contributed by atoms with E-state index in [4.69, 9.17) is 0 Å². The largest absolute Gasteiger partial charge is 0.480 e. The van der Waals surface area contributed by atoms with Gasteiger partial charge < -0.3 is 5.11 Å². The molecule has 1 saturated heterocycles. The van der Waals surface area contributed by atoms with Gasteiger partial charge in [-0.1, -0.05) is 6.07 Å². The lowest BCUT2D eigenvalue weighted by molar-refractivity contribution is -0.149. The van der Waals surface area contributed by atoms with E-state index >= 15 is 0 Å². The molecule has 98 valence electrons. The summed E-state index contributed by atoms with van der Waals surface area (Å²) in [6.45, 7) is 0.888. The van der Waals surface area contributed by atoms with Gasteiger partial charge in [-0.3, -0.25) is 14.7 Å². The molecule has 0 spiro atoms. The molecule has 0 unspecified atom stereocenters. The minimum absolute atomic E-state index is 0.637. The van der Waals surface area contributed by atoms with Crippen LogP contribution in [-0.4, -0.2) is 40.1 Å². The molecular weight excluding hydrogens is 228 g/mol. The standard InChI is InChI=1S/C14H20N2O2/c1-16-10-4-8-14(16,13(17)18)7-2-5-12-6-3-9-15-11-12/h3,6,9,11H,2,4-5,7-8,10H2,1H3,(H,17,18)/t14-/m0/s1. The van der Waals surface area contributed by atoms with Crippen molar-refractivity contribution in [1.29, 1.82) is 0 Å². The van der Waals surface area contributed by atoms with Gasteiger partial charge in [0, 0.05) is 12.4 Å². The fraction of sp³-hybridized carbons (Fsp3) is 0.571. The lowest BCUT2D eigenvalue weighted by Crippen LogP contribution is -2.48. The molecule has 0 saturated carbocycles. The van der Waals surface area contributed by atoms with Gasteiger partial charge in [0.15, 0.2) is 0 Å². The number of aromatic nitrogens is 1. The molecule has 1 aliphatic heterocycles. The van der Waals surface area contributed by atoms with Crippen LogP contribution in [0.4, 0.5) is 0 Å². The molecule has 1 aromatic heterocycles. The van der Waals surface area contributed by atoms with Gasteiger partial charge in [-0.15, -0.1) is 0 Å². The Morgan fingerprint density at radius 2 is 2.44 bits per heavy atom. The van der Waals surface area contributed by atoms with E-state index in [-0.39, 0.29) is 0 Å². The van der Waals surface area contributed by atoms with E-state index in [0.717, 1.165) is 32.2 Å². The number of aliphatic carboxylic acids is 1. The molecule has 18 heavy (non-hydrogen) atoms. The van der Waals surface area contributed by atoms with Crippen LogP contribution in [0.2, 0.25) is 0 Å². The summed E-state index contributed by atoms with van der Waals surface area (Å²) in [6.07, 6.45) is 7.87. The summed E-state index contributed by atoms with van der Waals surface area (Å²) in [7, 11) is 1.92. The Bertz CT molecular complexity index is 408. The van der Waals surface area contributed by atoms with Crippen molar-refractivity contribution in [2.45, 2.75) is 37.6 Å². The monoisotopic (exact) mass is 248 g/mol. The highest BCUT2D eigenvalue weighted by Crippen LogP contribution is 2.32. The number of likely N-dealkylation sites (N-methyl/N-ethyl adjacent to an activating group) is 1. The predicted octanol–water partition coefficient (Wildman–Crippen LogP) is 1.95. The van der Waals surface area contributed by atoms with Crippen molar-refractivity contribution in [1.82, 2.24) is 9.88 Å². The molecule has 0 aliphatic carbocycles. The first-order chi connectivity index (χ1) is 8.65. The average molecular weight is 248 g/mol. The molecule has 0 radical (unpaired) electrons. The van der Waals surface area contributed by atoms with Gasteiger partial charge in [-0.05, 0) is 57.3 Å². The third-order valence-corrected chi connectivity index (χ3v) is 3.99. The predicted molar refractivity (Wildman–Crippen MR) is 69.4 cm³/mol. The number of aryl methyl sites for hydroxylation is 1. The van der Waals surface area contributed by atoms with Crippen molar-refractivity contribution < 1.29 is 9.90 Å². The minimum Gasteiger partial charge on any atom is -0.480 e. The van der Waals surface area contributed by atoms with Crippen molar-refractivity contribution in [3.05, 3.63) is 30.1 Å². The van der Waals surface area contributed by atoms with Gasteiger partial charge in [0.1, 0.15) is 5.54 Å². The van der Waals surface area contributed by atoms with Gasteiger partial charge in [0.2, 0.25) is 0 Å².